The van der Waals surface area contributed by atoms with Crippen LogP contribution >= 0.6 is 0 Å². The van der Waals surface area contributed by atoms with Crippen molar-refractivity contribution in [1.29, 1.82) is 0 Å². The maximum absolute atomic E-state index is 12.6. The lowest BCUT2D eigenvalue weighted by molar-refractivity contribution is 0.103. The molecule has 0 saturated heterocycles. The molecular weight excluding hydrogens is 292 g/mol. The van der Waals surface area contributed by atoms with Gasteiger partial charge < -0.3 is 14.5 Å². The van der Waals surface area contributed by atoms with Crippen molar-refractivity contribution in [3.8, 4) is 11.5 Å². The molecule has 1 heterocycles. The third-order valence-electron chi connectivity index (χ3n) is 3.72. The van der Waals surface area contributed by atoms with E-state index in [1.165, 1.54) is 0 Å². The summed E-state index contributed by atoms with van der Waals surface area (Å²) in [7, 11) is 3.10. The zero-order chi connectivity index (χ0) is 16.2. The highest BCUT2D eigenvalue weighted by molar-refractivity contribution is 6.08. The topological polar surface area (TPSA) is 64.2 Å². The number of carbonyl (C=O) groups is 1. The van der Waals surface area contributed by atoms with E-state index in [9.17, 15) is 4.79 Å². The van der Waals surface area contributed by atoms with E-state index in [4.69, 9.17) is 9.47 Å². The summed E-state index contributed by atoms with van der Waals surface area (Å²) in [6, 6.07) is 5.08. The fraction of sp³-hybridized carbons (Fsp3) is 0.222. The van der Waals surface area contributed by atoms with Gasteiger partial charge in [0.1, 0.15) is 11.5 Å². The maximum Gasteiger partial charge on any atom is 0.213 e. The van der Waals surface area contributed by atoms with Gasteiger partial charge in [0, 0.05) is 17.3 Å². The Bertz CT molecular complexity index is 787. The zero-order valence-corrected chi connectivity index (χ0v) is 13.1. The second kappa shape index (κ2) is 6.52. The summed E-state index contributed by atoms with van der Waals surface area (Å²) in [5, 5.41) is 0. The van der Waals surface area contributed by atoms with Crippen LogP contribution in [0.5, 0.6) is 11.5 Å². The molecule has 0 saturated carbocycles. The lowest BCUT2D eigenvalue weighted by atomic mass is 10.1. The summed E-state index contributed by atoms with van der Waals surface area (Å²) < 4.78 is 10.4. The van der Waals surface area contributed by atoms with Crippen molar-refractivity contribution in [2.45, 2.75) is 12.8 Å². The van der Waals surface area contributed by atoms with Crippen molar-refractivity contribution in [2.75, 3.05) is 14.2 Å². The summed E-state index contributed by atoms with van der Waals surface area (Å²) >= 11 is 0. The van der Waals surface area contributed by atoms with E-state index in [-0.39, 0.29) is 5.78 Å². The van der Waals surface area contributed by atoms with Gasteiger partial charge in [-0.25, -0.2) is 4.98 Å². The molecule has 1 aromatic heterocycles. The molecule has 0 bridgehead atoms. The van der Waals surface area contributed by atoms with E-state index >= 15 is 0 Å². The van der Waals surface area contributed by atoms with Gasteiger partial charge in [0.2, 0.25) is 5.78 Å². The van der Waals surface area contributed by atoms with Crippen LogP contribution < -0.4 is 9.47 Å². The van der Waals surface area contributed by atoms with Crippen molar-refractivity contribution in [1.82, 2.24) is 9.97 Å². The SMILES string of the molecule is COc1ccc(C(=O)c2c[nH]c(C3=CCCC=C3)n2)cc1OC. The highest BCUT2D eigenvalue weighted by atomic mass is 16.5. The number of aromatic nitrogens is 2. The van der Waals surface area contributed by atoms with Crippen LogP contribution in [-0.2, 0) is 0 Å². The van der Waals surface area contributed by atoms with Crippen molar-refractivity contribution in [3.63, 3.8) is 0 Å². The largest absolute Gasteiger partial charge is 0.493 e. The number of methoxy groups -OCH3 is 2. The third kappa shape index (κ3) is 3.04. The van der Waals surface area contributed by atoms with E-state index in [0.29, 0.717) is 28.6 Å². The van der Waals surface area contributed by atoms with E-state index in [1.54, 1.807) is 38.6 Å². The number of hydrogen-bond acceptors (Lipinski definition) is 4. The van der Waals surface area contributed by atoms with Gasteiger partial charge in [0.05, 0.1) is 14.2 Å². The average Bonchev–Trinajstić information content (AvgIpc) is 3.11. The van der Waals surface area contributed by atoms with Gasteiger partial charge in [0.15, 0.2) is 11.5 Å². The summed E-state index contributed by atoms with van der Waals surface area (Å²) in [5.74, 6) is 1.66. The van der Waals surface area contributed by atoms with Crippen LogP contribution in [0.1, 0.15) is 34.7 Å². The van der Waals surface area contributed by atoms with Crippen molar-refractivity contribution in [2.24, 2.45) is 0 Å². The fourth-order valence-electron chi connectivity index (χ4n) is 2.50. The molecule has 1 aromatic carbocycles. The van der Waals surface area contributed by atoms with E-state index in [2.05, 4.69) is 22.1 Å². The van der Waals surface area contributed by atoms with Gasteiger partial charge in [-0.05, 0) is 31.0 Å². The molecule has 1 aliphatic rings. The van der Waals surface area contributed by atoms with Crippen molar-refractivity contribution >= 4 is 11.4 Å². The zero-order valence-electron chi connectivity index (χ0n) is 13.1. The Kier molecular flexibility index (Phi) is 4.28. The number of ether oxygens (including phenoxy) is 2. The Labute approximate surface area is 134 Å². The number of nitrogens with zero attached hydrogens (tertiary/aromatic N) is 1. The molecule has 3 rings (SSSR count). The number of carbonyl (C=O) groups excluding carboxylic acids is 1. The second-order valence-corrected chi connectivity index (χ2v) is 5.17. The average molecular weight is 310 g/mol. The van der Waals surface area contributed by atoms with Crippen LogP contribution in [0.3, 0.4) is 0 Å². The molecule has 1 aliphatic carbocycles. The number of rotatable bonds is 5. The quantitative estimate of drug-likeness (QED) is 0.860. The van der Waals surface area contributed by atoms with Crippen molar-refractivity contribution < 1.29 is 14.3 Å². The first-order chi connectivity index (χ1) is 11.2. The van der Waals surface area contributed by atoms with Crippen molar-refractivity contribution in [3.05, 3.63) is 59.7 Å². The number of allylic oxidation sites excluding steroid dienone is 4. The molecule has 5 heteroatoms. The summed E-state index contributed by atoms with van der Waals surface area (Å²) in [4.78, 5) is 20.1. The fourth-order valence-corrected chi connectivity index (χ4v) is 2.50. The second-order valence-electron chi connectivity index (χ2n) is 5.17. The molecular formula is C18H18N2O3. The van der Waals surface area contributed by atoms with Crippen LogP contribution in [0.15, 0.2) is 42.6 Å². The highest BCUT2D eigenvalue weighted by Crippen LogP contribution is 2.28. The lowest BCUT2D eigenvalue weighted by Crippen LogP contribution is -2.03. The van der Waals surface area contributed by atoms with E-state index in [1.807, 2.05) is 6.08 Å². The Morgan fingerprint density at radius 2 is 2.00 bits per heavy atom. The van der Waals surface area contributed by atoms with Crippen LogP contribution in [-0.4, -0.2) is 30.0 Å². The summed E-state index contributed by atoms with van der Waals surface area (Å²) in [5.41, 5.74) is 1.91. The van der Waals surface area contributed by atoms with Crippen LogP contribution in [0, 0.1) is 0 Å². The van der Waals surface area contributed by atoms with E-state index in [0.717, 1.165) is 18.4 Å². The molecule has 0 fully saturated rings. The molecule has 0 spiro atoms. The molecule has 2 aromatic rings. The smallest absolute Gasteiger partial charge is 0.213 e. The molecule has 0 amide bonds. The Hall–Kier alpha value is -2.82. The predicted octanol–water partition coefficient (Wildman–Crippen LogP) is 3.39. The molecule has 23 heavy (non-hydrogen) atoms. The Morgan fingerprint density at radius 3 is 2.70 bits per heavy atom. The van der Waals surface area contributed by atoms with Gasteiger partial charge in [-0.2, -0.15) is 0 Å². The standard InChI is InChI=1S/C18H18N2O3/c1-22-15-9-8-13(10-16(15)23-2)17(21)14-11-19-18(20-14)12-6-4-3-5-7-12/h4,6-11H,3,5H2,1-2H3,(H,19,20). The monoisotopic (exact) mass is 310 g/mol. The molecule has 118 valence electrons. The Balaban J connectivity index is 1.87. The molecule has 1 N–H and O–H groups in total. The first-order valence-electron chi connectivity index (χ1n) is 7.42. The first kappa shape index (κ1) is 15.1. The maximum atomic E-state index is 12.6. The number of hydrogen-bond donors (Lipinski definition) is 1. The highest BCUT2D eigenvalue weighted by Gasteiger charge is 2.16. The molecule has 0 aliphatic heterocycles. The number of ketones is 1. The number of H-pyrrole nitrogens is 1. The Morgan fingerprint density at radius 1 is 1.17 bits per heavy atom. The van der Waals surface area contributed by atoms with Gasteiger partial charge in [-0.3, -0.25) is 4.79 Å². The number of benzene rings is 1. The minimum absolute atomic E-state index is 0.158. The third-order valence-corrected chi connectivity index (χ3v) is 3.72. The van der Waals surface area contributed by atoms with Gasteiger partial charge in [-0.1, -0.05) is 18.2 Å². The number of imidazole rings is 1. The van der Waals surface area contributed by atoms with Gasteiger partial charge in [-0.15, -0.1) is 0 Å². The van der Waals surface area contributed by atoms with Crippen LogP contribution in [0.4, 0.5) is 0 Å². The normalized spacial score (nSPS) is 13.6. The minimum atomic E-state index is -0.158. The summed E-state index contributed by atoms with van der Waals surface area (Å²) in [6.07, 6.45) is 9.91. The van der Waals surface area contributed by atoms with Gasteiger partial charge >= 0.3 is 0 Å². The van der Waals surface area contributed by atoms with Crippen LogP contribution in [0.2, 0.25) is 0 Å². The molecule has 0 radical (unpaired) electrons. The molecule has 5 nitrogen and oxygen atoms in total. The van der Waals surface area contributed by atoms with E-state index < -0.39 is 0 Å². The first-order valence-corrected chi connectivity index (χ1v) is 7.42. The molecule has 0 atom stereocenters. The molecule has 0 unspecified atom stereocenters. The number of aromatic amines is 1. The predicted molar refractivity (Wildman–Crippen MR) is 87.9 cm³/mol. The minimum Gasteiger partial charge on any atom is -0.493 e. The summed E-state index contributed by atoms with van der Waals surface area (Å²) in [6.45, 7) is 0. The van der Waals surface area contributed by atoms with Gasteiger partial charge in [0.25, 0.3) is 0 Å². The van der Waals surface area contributed by atoms with Crippen LogP contribution in [0.25, 0.3) is 5.57 Å². The number of nitrogens with one attached hydrogen (secondary N) is 1. The lowest BCUT2D eigenvalue weighted by Gasteiger charge is -2.08.